The van der Waals surface area contributed by atoms with Crippen LogP contribution in [0.15, 0.2) is 30.3 Å². The molecule has 1 amide bonds. The fourth-order valence-electron chi connectivity index (χ4n) is 5.83. The molecule has 2 unspecified atom stereocenters. The highest BCUT2D eigenvalue weighted by Crippen LogP contribution is 2.52. The molecule has 3 N–H and O–H groups in total. The fraction of sp³-hybridized carbons (Fsp3) is 0.375. The van der Waals surface area contributed by atoms with Gasteiger partial charge in [-0.2, -0.15) is 5.26 Å². The van der Waals surface area contributed by atoms with E-state index in [2.05, 4.69) is 39.6 Å². The van der Waals surface area contributed by atoms with Crippen LogP contribution in [0.2, 0.25) is 0 Å². The number of thiophene rings is 1. The summed E-state index contributed by atoms with van der Waals surface area (Å²) < 4.78 is 0.930. The molecule has 7 nitrogen and oxygen atoms in total. The van der Waals surface area contributed by atoms with Crippen LogP contribution >= 0.6 is 11.3 Å². The first kappa shape index (κ1) is 19.7. The van der Waals surface area contributed by atoms with E-state index in [1.807, 2.05) is 19.1 Å². The van der Waals surface area contributed by atoms with Gasteiger partial charge in [-0.15, -0.1) is 16.3 Å². The first-order valence-electron chi connectivity index (χ1n) is 11.1. The van der Waals surface area contributed by atoms with Gasteiger partial charge in [0.25, 0.3) is 5.91 Å². The van der Waals surface area contributed by atoms with Gasteiger partial charge in [0.2, 0.25) is 0 Å². The number of nitrogens with two attached hydrogens (primary N) is 1. The number of pyridine rings is 1. The van der Waals surface area contributed by atoms with E-state index in [0.29, 0.717) is 29.1 Å². The number of amides is 1. The molecule has 3 aliphatic rings. The molecule has 5 heterocycles. The Balaban J connectivity index is 1.14. The van der Waals surface area contributed by atoms with E-state index in [1.54, 1.807) is 0 Å². The van der Waals surface area contributed by atoms with Crippen molar-refractivity contribution >= 4 is 38.8 Å². The van der Waals surface area contributed by atoms with Crippen molar-refractivity contribution in [3.8, 4) is 6.07 Å². The molecule has 0 aliphatic carbocycles. The van der Waals surface area contributed by atoms with E-state index in [1.165, 1.54) is 43.0 Å². The predicted molar refractivity (Wildman–Crippen MR) is 126 cm³/mol. The van der Waals surface area contributed by atoms with Gasteiger partial charge >= 0.3 is 0 Å². The highest BCUT2D eigenvalue weighted by Gasteiger charge is 2.69. The Hall–Kier alpha value is -2.99. The average molecular weight is 446 g/mol. The molecule has 8 heteroatoms. The molecule has 3 aliphatic heterocycles. The van der Waals surface area contributed by atoms with E-state index in [9.17, 15) is 10.1 Å². The normalized spacial score (nSPS) is 25.6. The molecule has 0 radical (unpaired) electrons. The number of aromatic nitrogens is 1. The Kier molecular flexibility index (Phi) is 4.31. The van der Waals surface area contributed by atoms with Crippen molar-refractivity contribution in [3.63, 3.8) is 0 Å². The van der Waals surface area contributed by atoms with Gasteiger partial charge in [-0.05, 0) is 43.9 Å². The maximum Gasteiger partial charge on any atom is 0.263 e. The van der Waals surface area contributed by atoms with Gasteiger partial charge in [-0.25, -0.2) is 9.58 Å². The van der Waals surface area contributed by atoms with Gasteiger partial charge in [0, 0.05) is 29.8 Å². The summed E-state index contributed by atoms with van der Waals surface area (Å²) >= 11 is 1.32. The van der Waals surface area contributed by atoms with E-state index < -0.39 is 0 Å². The number of nitriles is 1. The molecule has 2 aromatic heterocycles. The lowest BCUT2D eigenvalue weighted by molar-refractivity contribution is -0.231. The number of hydrogen-bond donors (Lipinski definition) is 2. The molecule has 6 rings (SSSR count). The minimum atomic E-state index is -0.191. The molecule has 3 aromatic rings. The topological polar surface area (TPSA) is 95.0 Å². The van der Waals surface area contributed by atoms with E-state index in [4.69, 9.17) is 5.73 Å². The summed E-state index contributed by atoms with van der Waals surface area (Å²) in [6.45, 7) is 4.70. The van der Waals surface area contributed by atoms with Crippen molar-refractivity contribution in [1.82, 2.24) is 19.9 Å². The quantitative estimate of drug-likeness (QED) is 0.589. The first-order valence-corrected chi connectivity index (χ1v) is 11.9. The molecule has 32 heavy (non-hydrogen) atoms. The minimum Gasteiger partial charge on any atom is -0.397 e. The van der Waals surface area contributed by atoms with Crippen LogP contribution in [0.1, 0.15) is 39.3 Å². The number of hydrogen-bond acceptors (Lipinski definition) is 6. The molecule has 0 saturated carbocycles. The third-order valence-corrected chi connectivity index (χ3v) is 8.48. The summed E-state index contributed by atoms with van der Waals surface area (Å²) in [6, 6.07) is 13.9. The number of nitrogens with zero attached hydrogens (tertiary/aromatic N) is 4. The lowest BCUT2D eigenvalue weighted by Crippen LogP contribution is -2.88. The number of benzene rings is 1. The Morgan fingerprint density at radius 1 is 1.31 bits per heavy atom. The standard InChI is InChI=1S/C24H24N6OS/c1-14-2-7-20-21(26)22(32-24(20)28-14)23(31)27-9-8-15-3-6-19(10-16(15)11-25)30-12-17-4-5-18(13-30)29(17)30/h2-3,6-7,10,17-18H,4-5,8-9,12-13H2,1H3,(H2-,26,27,31)/p+1. The third-order valence-electron chi connectivity index (χ3n) is 7.36. The van der Waals surface area contributed by atoms with Crippen molar-refractivity contribution in [3.05, 3.63) is 52.0 Å². The highest BCUT2D eigenvalue weighted by molar-refractivity contribution is 7.21. The second-order valence-corrected chi connectivity index (χ2v) is 10.2. The number of carbonyl (C=O) groups is 1. The minimum absolute atomic E-state index is 0.191. The van der Waals surface area contributed by atoms with Gasteiger partial charge in [0.15, 0.2) is 5.69 Å². The number of aryl methyl sites for hydroxylation is 1. The number of piperazine rings is 1. The summed E-state index contributed by atoms with van der Waals surface area (Å²) in [4.78, 5) is 18.5. The van der Waals surface area contributed by atoms with E-state index in [0.717, 1.165) is 38.1 Å². The van der Waals surface area contributed by atoms with E-state index in [-0.39, 0.29) is 5.91 Å². The fourth-order valence-corrected chi connectivity index (χ4v) is 6.88. The average Bonchev–Trinajstić information content (AvgIpc) is 3.13. The maximum atomic E-state index is 12.7. The Bertz CT molecular complexity index is 1290. The van der Waals surface area contributed by atoms with Crippen LogP contribution in [0, 0.1) is 18.3 Å². The molecule has 2 atom stereocenters. The van der Waals surface area contributed by atoms with E-state index >= 15 is 0 Å². The number of nitrogen functional groups attached to an aromatic ring is 1. The molecule has 162 valence electrons. The molecule has 3 saturated heterocycles. The van der Waals surface area contributed by atoms with Crippen molar-refractivity contribution in [2.45, 2.75) is 38.3 Å². The predicted octanol–water partition coefficient (Wildman–Crippen LogP) is 3.11. The smallest absolute Gasteiger partial charge is 0.263 e. The summed E-state index contributed by atoms with van der Waals surface area (Å²) in [6.07, 6.45) is 3.23. The summed E-state index contributed by atoms with van der Waals surface area (Å²) in [5.41, 5.74) is 10.5. The Morgan fingerprint density at radius 3 is 2.84 bits per heavy atom. The zero-order valence-electron chi connectivity index (χ0n) is 18.0. The largest absolute Gasteiger partial charge is 0.397 e. The number of carbonyl (C=O) groups excluding carboxylic acids is 1. The van der Waals surface area contributed by atoms with Gasteiger partial charge in [0.1, 0.15) is 34.9 Å². The SMILES string of the molecule is Cc1ccc2c(N)c(C(=O)NCCc3ccc([N+]45CC6CCC(C4)N65)cc3C#N)sc2n1. The zero-order valence-corrected chi connectivity index (χ0v) is 18.8. The zero-order chi connectivity index (χ0) is 22.0. The van der Waals surface area contributed by atoms with Crippen LogP contribution in [-0.4, -0.2) is 47.6 Å². The maximum absolute atomic E-state index is 12.7. The third kappa shape index (κ3) is 2.72. The van der Waals surface area contributed by atoms with Crippen molar-refractivity contribution < 1.29 is 4.79 Å². The Morgan fingerprint density at radius 2 is 2.09 bits per heavy atom. The van der Waals surface area contributed by atoms with Gasteiger partial charge in [-0.1, -0.05) is 6.07 Å². The summed E-state index contributed by atoms with van der Waals surface area (Å²) in [5, 5.41) is 16.1. The van der Waals surface area contributed by atoms with Crippen molar-refractivity contribution in [1.29, 1.82) is 5.26 Å². The number of nitrogens with one attached hydrogen (secondary N) is 1. The van der Waals surface area contributed by atoms with Crippen molar-refractivity contribution in [2.24, 2.45) is 0 Å². The lowest BCUT2D eigenvalue weighted by atomic mass is 9.99. The van der Waals surface area contributed by atoms with Gasteiger partial charge in [0.05, 0.1) is 17.3 Å². The Labute approximate surface area is 190 Å². The molecule has 3 fully saturated rings. The number of fused-ring (bicyclic) bond motifs is 1. The molecule has 1 aromatic carbocycles. The summed E-state index contributed by atoms with van der Waals surface area (Å²) in [7, 11) is 0. The molecule has 0 spiro atoms. The molecular weight excluding hydrogens is 420 g/mol. The summed E-state index contributed by atoms with van der Waals surface area (Å²) in [5.74, 6) is -0.191. The number of rotatable bonds is 5. The second-order valence-electron chi connectivity index (χ2n) is 9.16. The van der Waals surface area contributed by atoms with Crippen LogP contribution in [-0.2, 0) is 6.42 Å². The first-order chi connectivity index (χ1) is 15.5. The van der Waals surface area contributed by atoms with Gasteiger partial charge < -0.3 is 11.1 Å². The number of anilines is 1. The second kappa shape index (κ2) is 7.01. The van der Waals surface area contributed by atoms with Gasteiger partial charge in [-0.3, -0.25) is 4.79 Å². The highest BCUT2D eigenvalue weighted by atomic mass is 32.1. The molecule has 0 bridgehead atoms. The van der Waals surface area contributed by atoms with Crippen LogP contribution in [0.4, 0.5) is 11.4 Å². The van der Waals surface area contributed by atoms with Crippen LogP contribution in [0.3, 0.4) is 0 Å². The monoisotopic (exact) mass is 445 g/mol. The van der Waals surface area contributed by atoms with Crippen LogP contribution in [0.25, 0.3) is 10.2 Å². The number of quaternary nitrogens is 1. The van der Waals surface area contributed by atoms with Crippen molar-refractivity contribution in [2.75, 3.05) is 25.4 Å². The van der Waals surface area contributed by atoms with Crippen LogP contribution in [0.5, 0.6) is 0 Å². The van der Waals surface area contributed by atoms with Crippen LogP contribution < -0.4 is 15.6 Å². The lowest BCUT2D eigenvalue weighted by Gasteiger charge is -2.65. The molecular formula is C24H25N6OS+.